The maximum atomic E-state index is 13.3. The van der Waals surface area contributed by atoms with Crippen LogP contribution in [0.2, 0.25) is 0 Å². The highest BCUT2D eigenvalue weighted by Gasteiger charge is 2.29. The molecule has 2 heterocycles. The van der Waals surface area contributed by atoms with Crippen molar-refractivity contribution in [3.05, 3.63) is 81.4 Å². The first-order valence-electron chi connectivity index (χ1n) is 9.76. The fourth-order valence-electron chi connectivity index (χ4n) is 3.98. The zero-order valence-electron chi connectivity index (χ0n) is 16.4. The van der Waals surface area contributed by atoms with Crippen molar-refractivity contribution in [1.29, 1.82) is 0 Å². The lowest BCUT2D eigenvalue weighted by Crippen LogP contribution is -2.52. The molecule has 0 atom stereocenters. The first kappa shape index (κ1) is 18.8. The van der Waals surface area contributed by atoms with Crippen molar-refractivity contribution in [2.24, 2.45) is 0 Å². The molecule has 0 spiro atoms. The molecule has 2 N–H and O–H groups in total. The van der Waals surface area contributed by atoms with Gasteiger partial charge in [0.2, 0.25) is 0 Å². The summed E-state index contributed by atoms with van der Waals surface area (Å²) in [4.78, 5) is 17.6. The molecule has 0 amide bonds. The van der Waals surface area contributed by atoms with Gasteiger partial charge in [-0.2, -0.15) is 0 Å². The topological polar surface area (TPSA) is 48.1 Å². The molecule has 1 aliphatic heterocycles. The minimum Gasteiger partial charge on any atom is -0.322 e. The third-order valence-electron chi connectivity index (χ3n) is 5.74. The number of hydrogen-bond donors (Lipinski definition) is 2. The highest BCUT2D eigenvalue weighted by molar-refractivity contribution is 5.78. The molecule has 3 aromatic rings. The monoisotopic (exact) mass is 379 g/mol. The van der Waals surface area contributed by atoms with Crippen LogP contribution in [0.4, 0.5) is 4.39 Å². The number of nitrogens with one attached hydrogen (secondary N) is 2. The Morgan fingerprint density at radius 3 is 2.75 bits per heavy atom. The van der Waals surface area contributed by atoms with Crippen molar-refractivity contribution in [1.82, 2.24) is 15.2 Å². The second kappa shape index (κ2) is 7.49. The van der Waals surface area contributed by atoms with Gasteiger partial charge in [0, 0.05) is 37.3 Å². The summed E-state index contributed by atoms with van der Waals surface area (Å²) in [5.74, 6) is -0.348. The average molecular weight is 379 g/mol. The number of nitrogens with zero attached hydrogens (tertiary/aromatic N) is 1. The Morgan fingerprint density at radius 1 is 1.14 bits per heavy atom. The van der Waals surface area contributed by atoms with Crippen LogP contribution in [0.3, 0.4) is 0 Å². The summed E-state index contributed by atoms with van der Waals surface area (Å²) >= 11 is 0. The number of pyridine rings is 1. The van der Waals surface area contributed by atoms with Gasteiger partial charge in [0.15, 0.2) is 0 Å². The molecule has 1 aliphatic rings. The number of H-pyrrole nitrogens is 1. The third-order valence-corrected chi connectivity index (χ3v) is 5.74. The van der Waals surface area contributed by atoms with Gasteiger partial charge >= 0.3 is 0 Å². The summed E-state index contributed by atoms with van der Waals surface area (Å²) in [5, 5.41) is 4.28. The van der Waals surface area contributed by atoms with Crippen molar-refractivity contribution in [3.63, 3.8) is 0 Å². The summed E-state index contributed by atoms with van der Waals surface area (Å²) in [5.41, 5.74) is 3.84. The van der Waals surface area contributed by atoms with E-state index in [2.05, 4.69) is 53.3 Å². The van der Waals surface area contributed by atoms with E-state index < -0.39 is 0 Å². The van der Waals surface area contributed by atoms with Crippen LogP contribution in [0.5, 0.6) is 0 Å². The molecule has 146 valence electrons. The van der Waals surface area contributed by atoms with Gasteiger partial charge in [-0.3, -0.25) is 9.69 Å². The van der Waals surface area contributed by atoms with Gasteiger partial charge in [0.05, 0.1) is 5.52 Å². The van der Waals surface area contributed by atoms with Crippen molar-refractivity contribution < 1.29 is 4.39 Å². The fraction of sp³-hybridized carbons (Fsp3) is 0.348. The first-order chi connectivity index (χ1) is 13.4. The highest BCUT2D eigenvalue weighted by atomic mass is 19.1. The fourth-order valence-corrected chi connectivity index (χ4v) is 3.98. The van der Waals surface area contributed by atoms with Gasteiger partial charge < -0.3 is 10.3 Å². The van der Waals surface area contributed by atoms with Gasteiger partial charge in [0.25, 0.3) is 5.56 Å². The third kappa shape index (κ3) is 3.86. The maximum absolute atomic E-state index is 13.3. The summed E-state index contributed by atoms with van der Waals surface area (Å²) in [7, 11) is 0. The van der Waals surface area contributed by atoms with Crippen LogP contribution in [-0.4, -0.2) is 28.5 Å². The SMILES string of the molecule is CC(C)(CNCc1cc2ccc(F)cc2[nH]c1=O)N1CCc2ccccc2C1. The standard InChI is InChI=1S/C23H26FN3O/c1-23(2,27-10-9-16-5-3-4-6-18(16)14-27)15-25-13-19-11-17-7-8-20(24)12-21(17)26-22(19)28/h3-8,11-12,25H,9-10,13-15H2,1-2H3,(H,26,28). The molecule has 4 nitrogen and oxygen atoms in total. The van der Waals surface area contributed by atoms with Crippen molar-refractivity contribution >= 4 is 10.9 Å². The quantitative estimate of drug-likeness (QED) is 0.712. The summed E-state index contributed by atoms with van der Waals surface area (Å²) in [6.45, 7) is 7.72. The van der Waals surface area contributed by atoms with E-state index in [1.54, 1.807) is 6.07 Å². The van der Waals surface area contributed by atoms with Gasteiger partial charge in [-0.25, -0.2) is 4.39 Å². The lowest BCUT2D eigenvalue weighted by Gasteiger charge is -2.41. The average Bonchev–Trinajstić information content (AvgIpc) is 2.68. The molecule has 1 aromatic heterocycles. The minimum atomic E-state index is -0.348. The molecular formula is C23H26FN3O. The molecule has 0 unspecified atom stereocenters. The maximum Gasteiger partial charge on any atom is 0.252 e. The van der Waals surface area contributed by atoms with Gasteiger partial charge in [-0.1, -0.05) is 24.3 Å². The van der Waals surface area contributed by atoms with E-state index >= 15 is 0 Å². The van der Waals surface area contributed by atoms with Crippen LogP contribution in [0.1, 0.15) is 30.5 Å². The molecule has 4 rings (SSSR count). The number of rotatable bonds is 5. The van der Waals surface area contributed by atoms with Crippen molar-refractivity contribution in [2.45, 2.75) is 38.9 Å². The summed E-state index contributed by atoms with van der Waals surface area (Å²) in [6, 6.07) is 14.9. The number of fused-ring (bicyclic) bond motifs is 2. The molecule has 28 heavy (non-hydrogen) atoms. The molecule has 0 saturated heterocycles. The molecular weight excluding hydrogens is 353 g/mol. The highest BCUT2D eigenvalue weighted by Crippen LogP contribution is 2.25. The molecule has 0 aliphatic carbocycles. The van der Waals surface area contributed by atoms with Crippen LogP contribution in [0, 0.1) is 5.82 Å². The summed E-state index contributed by atoms with van der Waals surface area (Å²) < 4.78 is 13.3. The Hall–Kier alpha value is -2.50. The van der Waals surface area contributed by atoms with Crippen LogP contribution in [0.25, 0.3) is 10.9 Å². The van der Waals surface area contributed by atoms with E-state index in [1.807, 2.05) is 6.07 Å². The van der Waals surface area contributed by atoms with E-state index in [1.165, 1.54) is 23.3 Å². The number of benzene rings is 2. The zero-order valence-corrected chi connectivity index (χ0v) is 16.4. The second-order valence-electron chi connectivity index (χ2n) is 8.21. The Labute approximate surface area is 164 Å². The largest absolute Gasteiger partial charge is 0.322 e. The predicted octanol–water partition coefficient (Wildman–Crippen LogP) is 3.59. The Bertz CT molecular complexity index is 1060. The number of hydrogen-bond acceptors (Lipinski definition) is 3. The first-order valence-corrected chi connectivity index (χ1v) is 9.76. The van der Waals surface area contributed by atoms with E-state index in [0.29, 0.717) is 17.6 Å². The molecule has 5 heteroatoms. The van der Waals surface area contributed by atoms with Gasteiger partial charge in [-0.15, -0.1) is 0 Å². The number of halogens is 1. The Kier molecular flexibility index (Phi) is 5.04. The minimum absolute atomic E-state index is 0.0275. The van der Waals surface area contributed by atoms with Gasteiger partial charge in [0.1, 0.15) is 5.82 Å². The zero-order chi connectivity index (χ0) is 19.7. The van der Waals surface area contributed by atoms with E-state index in [0.717, 1.165) is 31.4 Å². The Balaban J connectivity index is 1.42. The summed E-state index contributed by atoms with van der Waals surface area (Å²) in [6.07, 6.45) is 1.07. The van der Waals surface area contributed by atoms with E-state index in [4.69, 9.17) is 0 Å². The smallest absolute Gasteiger partial charge is 0.252 e. The molecule has 0 bridgehead atoms. The lowest BCUT2D eigenvalue weighted by molar-refractivity contribution is 0.102. The normalized spacial score (nSPS) is 15.0. The lowest BCUT2D eigenvalue weighted by atomic mass is 9.94. The van der Waals surface area contributed by atoms with Crippen LogP contribution < -0.4 is 10.9 Å². The van der Waals surface area contributed by atoms with E-state index in [-0.39, 0.29) is 16.9 Å². The van der Waals surface area contributed by atoms with Crippen LogP contribution in [0.15, 0.2) is 53.3 Å². The molecule has 0 saturated carbocycles. The molecule has 2 aromatic carbocycles. The van der Waals surface area contributed by atoms with E-state index in [9.17, 15) is 9.18 Å². The number of aromatic amines is 1. The van der Waals surface area contributed by atoms with Crippen molar-refractivity contribution in [2.75, 3.05) is 13.1 Å². The predicted molar refractivity (Wildman–Crippen MR) is 111 cm³/mol. The Morgan fingerprint density at radius 2 is 1.93 bits per heavy atom. The van der Waals surface area contributed by atoms with Crippen LogP contribution >= 0.6 is 0 Å². The molecule has 0 radical (unpaired) electrons. The van der Waals surface area contributed by atoms with Crippen molar-refractivity contribution in [3.8, 4) is 0 Å². The number of aromatic nitrogens is 1. The second-order valence-corrected chi connectivity index (χ2v) is 8.21. The molecule has 0 fully saturated rings. The van der Waals surface area contributed by atoms with Gasteiger partial charge in [-0.05, 0) is 61.0 Å². The van der Waals surface area contributed by atoms with Crippen LogP contribution in [-0.2, 0) is 19.5 Å².